The number of anilines is 1. The Morgan fingerprint density at radius 1 is 1.03 bits per heavy atom. The van der Waals surface area contributed by atoms with E-state index in [9.17, 15) is 9.59 Å². The molecule has 4 aromatic rings. The summed E-state index contributed by atoms with van der Waals surface area (Å²) in [6.45, 7) is 0.579. The number of H-pyrrole nitrogens is 2. The molecule has 0 spiro atoms. The highest BCUT2D eigenvalue weighted by atomic mass is 35.5. The van der Waals surface area contributed by atoms with Crippen molar-refractivity contribution in [2.75, 3.05) is 11.9 Å². The normalized spacial score (nSPS) is 11.0. The molecule has 11 heteroatoms. The second kappa shape index (κ2) is 8.60. The minimum atomic E-state index is -0.572. The van der Waals surface area contributed by atoms with Crippen LogP contribution in [0.15, 0.2) is 50.4 Å². The number of aryl methyl sites for hydroxylation is 1. The molecule has 0 unspecified atom stereocenters. The van der Waals surface area contributed by atoms with Gasteiger partial charge in [0.25, 0.3) is 5.56 Å². The average molecular weight is 448 g/mol. The highest BCUT2D eigenvalue weighted by molar-refractivity contribution is 6.37. The van der Waals surface area contributed by atoms with Crippen LogP contribution in [0.4, 0.5) is 5.69 Å². The van der Waals surface area contributed by atoms with Crippen LogP contribution in [0.25, 0.3) is 10.8 Å². The summed E-state index contributed by atoms with van der Waals surface area (Å²) >= 11 is 12.7. The van der Waals surface area contributed by atoms with Crippen LogP contribution in [0.2, 0.25) is 10.0 Å². The van der Waals surface area contributed by atoms with E-state index in [-0.39, 0.29) is 27.2 Å². The van der Waals surface area contributed by atoms with Crippen LogP contribution in [0, 0.1) is 0 Å². The number of aromatic nitrogens is 4. The zero-order valence-electron chi connectivity index (χ0n) is 15.4. The standard InChI is InChI=1S/C19H15Cl2N5O4/c20-13-8-10(22-7-3-6-15-23-26-19(28)29-15)9-14(21)16(13)30-18-12-5-2-1-4-11(12)17(27)24-25-18/h1-2,4-5,8-9,22H,3,6-7H2,(H,24,27)(H,26,28). The first kappa shape index (κ1) is 20.0. The summed E-state index contributed by atoms with van der Waals surface area (Å²) in [7, 11) is 0. The molecule has 2 aromatic carbocycles. The van der Waals surface area contributed by atoms with Gasteiger partial charge in [-0.15, -0.1) is 10.2 Å². The van der Waals surface area contributed by atoms with Gasteiger partial charge in [-0.2, -0.15) is 0 Å². The number of nitrogens with one attached hydrogen (secondary N) is 3. The number of halogens is 2. The van der Waals surface area contributed by atoms with Crippen molar-refractivity contribution in [3.63, 3.8) is 0 Å². The Morgan fingerprint density at radius 3 is 2.47 bits per heavy atom. The van der Waals surface area contributed by atoms with E-state index in [4.69, 9.17) is 32.4 Å². The molecule has 30 heavy (non-hydrogen) atoms. The number of aromatic amines is 2. The molecule has 2 heterocycles. The summed E-state index contributed by atoms with van der Waals surface area (Å²) < 4.78 is 10.7. The van der Waals surface area contributed by atoms with Crippen molar-refractivity contribution in [1.82, 2.24) is 20.4 Å². The van der Waals surface area contributed by atoms with Gasteiger partial charge in [-0.1, -0.05) is 35.3 Å². The van der Waals surface area contributed by atoms with Crippen LogP contribution in [0.5, 0.6) is 11.6 Å². The molecule has 0 saturated heterocycles. The molecule has 4 rings (SSSR count). The summed E-state index contributed by atoms with van der Waals surface area (Å²) in [4.78, 5) is 22.8. The lowest BCUT2D eigenvalue weighted by Crippen LogP contribution is -2.09. The molecule has 154 valence electrons. The molecule has 0 fully saturated rings. The predicted molar refractivity (Wildman–Crippen MR) is 113 cm³/mol. The third kappa shape index (κ3) is 4.32. The van der Waals surface area contributed by atoms with Crippen LogP contribution in [-0.2, 0) is 6.42 Å². The Kier molecular flexibility index (Phi) is 5.73. The number of rotatable bonds is 7. The number of nitrogens with zero attached hydrogens (tertiary/aromatic N) is 2. The van der Waals surface area contributed by atoms with E-state index in [0.29, 0.717) is 41.7 Å². The van der Waals surface area contributed by atoms with E-state index in [1.54, 1.807) is 36.4 Å². The maximum absolute atomic E-state index is 11.9. The minimum absolute atomic E-state index is 0.190. The zero-order chi connectivity index (χ0) is 21.1. The van der Waals surface area contributed by atoms with Gasteiger partial charge in [0, 0.05) is 18.7 Å². The minimum Gasteiger partial charge on any atom is -0.434 e. The largest absolute Gasteiger partial charge is 0.434 e. The van der Waals surface area contributed by atoms with Crippen LogP contribution >= 0.6 is 23.2 Å². The van der Waals surface area contributed by atoms with E-state index in [2.05, 4.69) is 25.7 Å². The molecule has 9 nitrogen and oxygen atoms in total. The molecule has 0 aliphatic heterocycles. The summed E-state index contributed by atoms with van der Waals surface area (Å²) in [5, 5.41) is 17.1. The molecule has 3 N–H and O–H groups in total. The maximum Gasteiger partial charge on any atom is 0.434 e. The molecule has 0 atom stereocenters. The van der Waals surface area contributed by atoms with Crippen molar-refractivity contribution in [3.05, 3.63) is 73.2 Å². The van der Waals surface area contributed by atoms with Gasteiger partial charge in [0.05, 0.1) is 20.8 Å². The Morgan fingerprint density at radius 2 is 1.77 bits per heavy atom. The Bertz CT molecular complexity index is 1290. The first-order valence-electron chi connectivity index (χ1n) is 8.94. The lowest BCUT2D eigenvalue weighted by molar-refractivity contribution is 0.458. The highest BCUT2D eigenvalue weighted by Crippen LogP contribution is 2.39. The quantitative estimate of drug-likeness (QED) is 0.368. The van der Waals surface area contributed by atoms with E-state index in [1.165, 1.54) is 0 Å². The van der Waals surface area contributed by atoms with E-state index in [1.807, 2.05) is 0 Å². The second-order valence-electron chi connectivity index (χ2n) is 6.31. The van der Waals surface area contributed by atoms with Gasteiger partial charge in [0.1, 0.15) is 0 Å². The number of hydrogen-bond donors (Lipinski definition) is 3. The van der Waals surface area contributed by atoms with Gasteiger partial charge >= 0.3 is 5.76 Å². The Labute approximate surface area is 179 Å². The second-order valence-corrected chi connectivity index (χ2v) is 7.13. The maximum atomic E-state index is 11.9. The highest BCUT2D eigenvalue weighted by Gasteiger charge is 2.15. The molecular weight excluding hydrogens is 433 g/mol. The lowest BCUT2D eigenvalue weighted by atomic mass is 10.2. The Hall–Kier alpha value is -3.30. The first-order valence-corrected chi connectivity index (χ1v) is 9.69. The van der Waals surface area contributed by atoms with Gasteiger partial charge in [-0.25, -0.2) is 15.0 Å². The number of ether oxygens (including phenoxy) is 1. The van der Waals surface area contributed by atoms with Gasteiger partial charge in [-0.05, 0) is 30.7 Å². The summed E-state index contributed by atoms with van der Waals surface area (Å²) in [5.41, 5.74) is 0.379. The smallest absolute Gasteiger partial charge is 0.434 e. The molecule has 0 aliphatic carbocycles. The molecule has 0 saturated carbocycles. The van der Waals surface area contributed by atoms with Crippen LogP contribution in [-0.4, -0.2) is 26.9 Å². The van der Waals surface area contributed by atoms with Crippen molar-refractivity contribution >= 4 is 39.7 Å². The lowest BCUT2D eigenvalue weighted by Gasteiger charge is -2.13. The van der Waals surface area contributed by atoms with E-state index in [0.717, 1.165) is 0 Å². The van der Waals surface area contributed by atoms with Gasteiger partial charge in [0.15, 0.2) is 5.75 Å². The van der Waals surface area contributed by atoms with Crippen LogP contribution in [0.3, 0.4) is 0 Å². The first-order chi connectivity index (χ1) is 14.5. The fourth-order valence-corrected chi connectivity index (χ4v) is 3.43. The zero-order valence-corrected chi connectivity index (χ0v) is 16.9. The molecule has 0 aliphatic rings. The van der Waals surface area contributed by atoms with E-state index < -0.39 is 5.76 Å². The third-order valence-electron chi connectivity index (χ3n) is 4.24. The van der Waals surface area contributed by atoms with Gasteiger partial charge < -0.3 is 14.5 Å². The van der Waals surface area contributed by atoms with Crippen molar-refractivity contribution in [3.8, 4) is 11.6 Å². The fraction of sp³-hybridized carbons (Fsp3) is 0.158. The van der Waals surface area contributed by atoms with Crippen molar-refractivity contribution in [2.24, 2.45) is 0 Å². The van der Waals surface area contributed by atoms with E-state index >= 15 is 0 Å². The monoisotopic (exact) mass is 447 g/mol. The van der Waals surface area contributed by atoms with Gasteiger partial charge in [-0.3, -0.25) is 4.79 Å². The average Bonchev–Trinajstić information content (AvgIpc) is 3.15. The van der Waals surface area contributed by atoms with Gasteiger partial charge in [0.2, 0.25) is 11.8 Å². The summed E-state index contributed by atoms with van der Waals surface area (Å²) in [6.07, 6.45) is 1.17. The predicted octanol–water partition coefficient (Wildman–Crippen LogP) is 3.74. The Balaban J connectivity index is 1.47. The SMILES string of the molecule is O=c1[nH]nc(CCCNc2cc(Cl)c(Oc3n[nH]c(=O)c4ccccc34)c(Cl)c2)o1. The molecule has 0 bridgehead atoms. The topological polar surface area (TPSA) is 126 Å². The van der Waals surface area contributed by atoms with Crippen molar-refractivity contribution in [1.29, 1.82) is 0 Å². The summed E-state index contributed by atoms with van der Waals surface area (Å²) in [6, 6.07) is 10.3. The molecule has 2 aromatic heterocycles. The fourth-order valence-electron chi connectivity index (χ4n) is 2.86. The summed E-state index contributed by atoms with van der Waals surface area (Å²) in [5.74, 6) is 0.196. The van der Waals surface area contributed by atoms with Crippen LogP contribution in [0.1, 0.15) is 12.3 Å². The number of benzene rings is 2. The van der Waals surface area contributed by atoms with Crippen LogP contribution < -0.4 is 21.4 Å². The van der Waals surface area contributed by atoms with Crippen molar-refractivity contribution in [2.45, 2.75) is 12.8 Å². The molecule has 0 radical (unpaired) electrons. The third-order valence-corrected chi connectivity index (χ3v) is 4.80. The number of hydrogen-bond acceptors (Lipinski definition) is 7. The molecule has 0 amide bonds. The van der Waals surface area contributed by atoms with Crippen molar-refractivity contribution < 1.29 is 9.15 Å². The number of fused-ring (bicyclic) bond motifs is 1. The molecular formula is C19H15Cl2N5O4.